The third-order valence-electron chi connectivity index (χ3n) is 3.98. The van der Waals surface area contributed by atoms with E-state index in [1.165, 1.54) is 48.7 Å². The molecule has 3 aromatic rings. The van der Waals surface area contributed by atoms with E-state index in [9.17, 15) is 23.3 Å². The molecular weight excluding hydrogens is 481 g/mol. The van der Waals surface area contributed by atoms with Gasteiger partial charge in [-0.3, -0.25) is 14.9 Å². The van der Waals surface area contributed by atoms with Crippen LogP contribution in [0.25, 0.3) is 0 Å². The molecular formula is C20H13Cl2N3O6S. The number of rotatable bonds is 7. The molecule has 0 aromatic heterocycles. The van der Waals surface area contributed by atoms with E-state index in [-0.39, 0.29) is 26.9 Å². The van der Waals surface area contributed by atoms with Gasteiger partial charge in [0.05, 0.1) is 21.2 Å². The van der Waals surface area contributed by atoms with Gasteiger partial charge in [-0.05, 0) is 60.2 Å². The highest BCUT2D eigenvalue weighted by atomic mass is 35.5. The zero-order valence-corrected chi connectivity index (χ0v) is 18.3. The minimum Gasteiger partial charge on any atom is -0.379 e. The van der Waals surface area contributed by atoms with Crippen molar-refractivity contribution in [2.45, 2.75) is 4.90 Å². The number of hydrogen-bond acceptors (Lipinski definition) is 7. The fraction of sp³-hybridized carbons (Fsp3) is 0. The Bertz CT molecular complexity index is 1290. The van der Waals surface area contributed by atoms with Gasteiger partial charge >= 0.3 is 10.1 Å². The largest absolute Gasteiger partial charge is 0.379 e. The molecule has 0 radical (unpaired) electrons. The van der Waals surface area contributed by atoms with E-state index in [0.29, 0.717) is 10.6 Å². The molecule has 0 saturated carbocycles. The maximum absolute atomic E-state index is 12.3. The van der Waals surface area contributed by atoms with Crippen molar-refractivity contribution >= 4 is 51.1 Å². The van der Waals surface area contributed by atoms with E-state index in [4.69, 9.17) is 27.4 Å². The number of nitrogens with one attached hydrogen (secondary N) is 1. The van der Waals surface area contributed by atoms with Crippen LogP contribution in [0.3, 0.4) is 0 Å². The lowest BCUT2D eigenvalue weighted by Crippen LogP contribution is -2.17. The van der Waals surface area contributed by atoms with E-state index in [0.717, 1.165) is 24.3 Å². The van der Waals surface area contributed by atoms with Crippen molar-refractivity contribution in [3.05, 3.63) is 98.0 Å². The van der Waals surface area contributed by atoms with Crippen molar-refractivity contribution in [3.8, 4) is 5.75 Å². The van der Waals surface area contributed by atoms with E-state index in [1.807, 2.05) is 0 Å². The number of amides is 1. The lowest BCUT2D eigenvalue weighted by Gasteiger charge is -2.07. The van der Waals surface area contributed by atoms with Gasteiger partial charge in [0.15, 0.2) is 0 Å². The first-order valence-electron chi connectivity index (χ1n) is 8.73. The Labute approximate surface area is 192 Å². The number of hydrazone groups is 1. The lowest BCUT2D eigenvalue weighted by molar-refractivity contribution is -0.384. The number of non-ortho nitro benzene ring substituents is 1. The van der Waals surface area contributed by atoms with Crippen LogP contribution in [0.4, 0.5) is 5.69 Å². The highest BCUT2D eigenvalue weighted by Gasteiger charge is 2.18. The summed E-state index contributed by atoms with van der Waals surface area (Å²) in [5.41, 5.74) is 2.93. The molecule has 0 heterocycles. The maximum Gasteiger partial charge on any atom is 0.339 e. The Kier molecular flexibility index (Phi) is 7.08. The zero-order chi connectivity index (χ0) is 23.3. The number of hydrogen-bond donors (Lipinski definition) is 1. The molecule has 0 aliphatic heterocycles. The predicted molar refractivity (Wildman–Crippen MR) is 119 cm³/mol. The van der Waals surface area contributed by atoms with Crippen LogP contribution in [-0.2, 0) is 10.1 Å². The van der Waals surface area contributed by atoms with E-state index in [1.54, 1.807) is 0 Å². The van der Waals surface area contributed by atoms with Gasteiger partial charge < -0.3 is 4.18 Å². The number of carbonyl (C=O) groups excluding carboxylic acids is 1. The fourth-order valence-corrected chi connectivity index (χ4v) is 3.61. The smallest absolute Gasteiger partial charge is 0.339 e. The van der Waals surface area contributed by atoms with Crippen molar-refractivity contribution < 1.29 is 22.3 Å². The molecule has 164 valence electrons. The van der Waals surface area contributed by atoms with Crippen molar-refractivity contribution in [2.75, 3.05) is 0 Å². The minimum absolute atomic E-state index is 0.0281. The van der Waals surface area contributed by atoms with Crippen molar-refractivity contribution in [3.63, 3.8) is 0 Å². The monoisotopic (exact) mass is 493 g/mol. The lowest BCUT2D eigenvalue weighted by atomic mass is 10.2. The van der Waals surface area contributed by atoms with Crippen LogP contribution in [-0.4, -0.2) is 25.5 Å². The first kappa shape index (κ1) is 23.2. The number of halogens is 2. The topological polar surface area (TPSA) is 128 Å². The third-order valence-corrected chi connectivity index (χ3v) is 5.98. The summed E-state index contributed by atoms with van der Waals surface area (Å²) in [6.45, 7) is 0. The predicted octanol–water partition coefficient (Wildman–Crippen LogP) is 4.43. The van der Waals surface area contributed by atoms with Gasteiger partial charge in [-0.1, -0.05) is 23.2 Å². The highest BCUT2D eigenvalue weighted by molar-refractivity contribution is 7.87. The Balaban J connectivity index is 1.62. The van der Waals surface area contributed by atoms with Gasteiger partial charge in [-0.2, -0.15) is 13.5 Å². The molecule has 1 N–H and O–H groups in total. The second-order valence-corrected chi connectivity index (χ2v) is 8.55. The van der Waals surface area contributed by atoms with Gasteiger partial charge in [0.25, 0.3) is 11.6 Å². The summed E-state index contributed by atoms with van der Waals surface area (Å²) >= 11 is 11.7. The molecule has 0 spiro atoms. The van der Waals surface area contributed by atoms with Gasteiger partial charge in [0.1, 0.15) is 10.6 Å². The van der Waals surface area contributed by atoms with Crippen LogP contribution in [0.1, 0.15) is 15.9 Å². The Hall–Kier alpha value is -3.47. The number of nitro groups is 1. The maximum atomic E-state index is 12.3. The molecule has 9 nitrogen and oxygen atoms in total. The summed E-state index contributed by atoms with van der Waals surface area (Å²) in [5.74, 6) is -0.464. The SMILES string of the molecule is O=C(N/N=C\c1ccc(OS(=O)(=O)c2ccc([N+](=O)[O-])cc2)cc1)c1ccc(Cl)c(Cl)c1. The Morgan fingerprint density at radius 1 is 1.00 bits per heavy atom. The molecule has 0 saturated heterocycles. The average Bonchev–Trinajstić information content (AvgIpc) is 2.76. The van der Waals surface area contributed by atoms with Gasteiger partial charge in [-0.15, -0.1) is 0 Å². The second-order valence-electron chi connectivity index (χ2n) is 6.19. The summed E-state index contributed by atoms with van der Waals surface area (Å²) in [6, 6.07) is 14.6. The molecule has 0 aliphatic rings. The molecule has 0 fully saturated rings. The second kappa shape index (κ2) is 9.77. The summed E-state index contributed by atoms with van der Waals surface area (Å²) in [6.07, 6.45) is 1.35. The summed E-state index contributed by atoms with van der Waals surface area (Å²) in [4.78, 5) is 21.9. The molecule has 32 heavy (non-hydrogen) atoms. The fourth-order valence-electron chi connectivity index (χ4n) is 2.39. The summed E-state index contributed by atoms with van der Waals surface area (Å²) < 4.78 is 29.7. The molecule has 0 aliphatic carbocycles. The quantitative estimate of drug-likeness (QED) is 0.224. The van der Waals surface area contributed by atoms with E-state index in [2.05, 4.69) is 10.5 Å². The number of benzene rings is 3. The van der Waals surface area contributed by atoms with Crippen LogP contribution in [0.15, 0.2) is 76.7 Å². The standard InChI is InChI=1S/C20H13Cl2N3O6S/c21-18-10-3-14(11-19(18)22)20(26)24-23-12-13-1-6-16(7-2-13)31-32(29,30)17-8-4-15(5-9-17)25(27)28/h1-12H,(H,24,26)/b23-12-. The third kappa shape index (κ3) is 5.82. The molecule has 12 heteroatoms. The highest BCUT2D eigenvalue weighted by Crippen LogP contribution is 2.23. The first-order chi connectivity index (χ1) is 15.2. The Morgan fingerprint density at radius 2 is 1.66 bits per heavy atom. The van der Waals surface area contributed by atoms with Crippen molar-refractivity contribution in [1.29, 1.82) is 0 Å². The van der Waals surface area contributed by atoms with Crippen molar-refractivity contribution in [1.82, 2.24) is 5.43 Å². The molecule has 0 atom stereocenters. The minimum atomic E-state index is -4.17. The van der Waals surface area contributed by atoms with Gasteiger partial charge in [0.2, 0.25) is 0 Å². The average molecular weight is 494 g/mol. The van der Waals surface area contributed by atoms with Crippen LogP contribution in [0.5, 0.6) is 5.75 Å². The van der Waals surface area contributed by atoms with E-state index < -0.39 is 20.9 Å². The summed E-state index contributed by atoms with van der Waals surface area (Å²) in [7, 11) is -4.17. The molecule has 0 unspecified atom stereocenters. The van der Waals surface area contributed by atoms with Crippen LogP contribution in [0, 0.1) is 10.1 Å². The van der Waals surface area contributed by atoms with Crippen molar-refractivity contribution in [2.24, 2.45) is 5.10 Å². The van der Waals surface area contributed by atoms with Gasteiger partial charge in [0, 0.05) is 17.7 Å². The van der Waals surface area contributed by atoms with Crippen LogP contribution in [0.2, 0.25) is 10.0 Å². The van der Waals surface area contributed by atoms with Crippen LogP contribution >= 0.6 is 23.2 Å². The van der Waals surface area contributed by atoms with E-state index >= 15 is 0 Å². The number of nitro benzene ring substituents is 1. The molecule has 3 rings (SSSR count). The first-order valence-corrected chi connectivity index (χ1v) is 10.9. The summed E-state index contributed by atoms with van der Waals surface area (Å²) in [5, 5.41) is 15.1. The Morgan fingerprint density at radius 3 is 2.25 bits per heavy atom. The number of nitrogens with zero attached hydrogens (tertiary/aromatic N) is 2. The zero-order valence-electron chi connectivity index (χ0n) is 15.9. The van der Waals surface area contributed by atoms with Crippen LogP contribution < -0.4 is 9.61 Å². The number of carbonyl (C=O) groups is 1. The molecule has 3 aromatic carbocycles. The molecule has 1 amide bonds. The normalized spacial score (nSPS) is 11.3. The van der Waals surface area contributed by atoms with Gasteiger partial charge in [-0.25, -0.2) is 5.43 Å². The molecule has 0 bridgehead atoms.